The van der Waals surface area contributed by atoms with Crippen molar-refractivity contribution in [2.45, 2.75) is 12.5 Å². The lowest BCUT2D eigenvalue weighted by atomic mass is 10.0. The average molecular weight is 365 g/mol. The summed E-state index contributed by atoms with van der Waals surface area (Å²) >= 11 is 11.9. The van der Waals surface area contributed by atoms with E-state index < -0.39 is 11.9 Å². The van der Waals surface area contributed by atoms with E-state index in [0.29, 0.717) is 11.4 Å². The van der Waals surface area contributed by atoms with Gasteiger partial charge in [0.15, 0.2) is 0 Å². The van der Waals surface area contributed by atoms with Gasteiger partial charge in [0.25, 0.3) is 5.91 Å². The zero-order valence-electron chi connectivity index (χ0n) is 13.4. The predicted molar refractivity (Wildman–Crippen MR) is 96.6 cm³/mol. The van der Waals surface area contributed by atoms with E-state index in [1.54, 1.807) is 26.2 Å². The highest BCUT2D eigenvalue weighted by atomic mass is 35.5. The molecule has 0 saturated carbocycles. The van der Waals surface area contributed by atoms with Crippen LogP contribution in [0.15, 0.2) is 48.5 Å². The van der Waals surface area contributed by atoms with E-state index in [4.69, 9.17) is 23.2 Å². The number of carbonyl (C=O) groups excluding carboxylic acids is 2. The lowest BCUT2D eigenvalue weighted by Crippen LogP contribution is -2.47. The van der Waals surface area contributed by atoms with Gasteiger partial charge in [0, 0.05) is 25.5 Å². The third-order valence-electron chi connectivity index (χ3n) is 3.50. The minimum absolute atomic E-state index is 0.183. The third-order valence-corrected chi connectivity index (χ3v) is 4.05. The molecule has 0 radical (unpaired) electrons. The molecule has 2 amide bonds. The van der Waals surface area contributed by atoms with Gasteiger partial charge in [0.2, 0.25) is 5.91 Å². The summed E-state index contributed by atoms with van der Waals surface area (Å²) < 4.78 is 0. The van der Waals surface area contributed by atoms with Crippen molar-refractivity contribution in [2.24, 2.45) is 0 Å². The first-order valence-electron chi connectivity index (χ1n) is 7.39. The molecule has 0 aliphatic heterocycles. The average Bonchev–Trinajstić information content (AvgIpc) is 2.54. The molecule has 0 heterocycles. The van der Waals surface area contributed by atoms with Crippen molar-refractivity contribution in [1.29, 1.82) is 0 Å². The van der Waals surface area contributed by atoms with E-state index in [-0.39, 0.29) is 16.5 Å². The number of likely N-dealkylation sites (N-methyl/N-ethyl adjacent to an activating group) is 1. The maximum absolute atomic E-state index is 12.5. The summed E-state index contributed by atoms with van der Waals surface area (Å²) in [7, 11) is 3.31. The molecule has 0 aliphatic rings. The van der Waals surface area contributed by atoms with Crippen LogP contribution < -0.4 is 5.32 Å². The summed E-state index contributed by atoms with van der Waals surface area (Å²) in [6, 6.07) is 13.5. The molecule has 1 unspecified atom stereocenters. The first-order valence-corrected chi connectivity index (χ1v) is 8.15. The zero-order chi connectivity index (χ0) is 17.7. The van der Waals surface area contributed by atoms with Crippen molar-refractivity contribution in [3.63, 3.8) is 0 Å². The Kier molecular flexibility index (Phi) is 6.23. The van der Waals surface area contributed by atoms with Gasteiger partial charge in [-0.15, -0.1) is 0 Å². The van der Waals surface area contributed by atoms with Gasteiger partial charge in [0.05, 0.1) is 10.6 Å². The fraction of sp³-hybridized carbons (Fsp3) is 0.222. The van der Waals surface area contributed by atoms with E-state index in [9.17, 15) is 9.59 Å². The van der Waals surface area contributed by atoms with E-state index in [1.807, 2.05) is 30.3 Å². The second kappa shape index (κ2) is 8.18. The number of rotatable bonds is 5. The first kappa shape index (κ1) is 18.3. The summed E-state index contributed by atoms with van der Waals surface area (Å²) in [5.74, 6) is -0.593. The Bertz CT molecular complexity index is 733. The van der Waals surface area contributed by atoms with E-state index in [1.165, 1.54) is 11.0 Å². The molecule has 2 rings (SSSR count). The summed E-state index contributed by atoms with van der Waals surface area (Å²) in [4.78, 5) is 26.4. The Hall–Kier alpha value is -2.04. The van der Waals surface area contributed by atoms with Crippen LogP contribution in [0.25, 0.3) is 0 Å². The highest BCUT2D eigenvalue weighted by Gasteiger charge is 2.24. The second-order valence-corrected chi connectivity index (χ2v) is 6.42. The lowest BCUT2D eigenvalue weighted by molar-refractivity contribution is -0.130. The van der Waals surface area contributed by atoms with Gasteiger partial charge >= 0.3 is 0 Å². The fourth-order valence-electron chi connectivity index (χ4n) is 2.27. The van der Waals surface area contributed by atoms with Gasteiger partial charge < -0.3 is 10.2 Å². The third kappa shape index (κ3) is 4.73. The topological polar surface area (TPSA) is 49.4 Å². The molecular weight excluding hydrogens is 347 g/mol. The van der Waals surface area contributed by atoms with E-state index >= 15 is 0 Å². The monoisotopic (exact) mass is 364 g/mol. The molecule has 126 valence electrons. The summed E-state index contributed by atoms with van der Waals surface area (Å²) in [5, 5.41) is 3.46. The van der Waals surface area contributed by atoms with E-state index in [2.05, 4.69) is 5.32 Å². The number of amides is 2. The van der Waals surface area contributed by atoms with Crippen LogP contribution in [0.3, 0.4) is 0 Å². The maximum Gasteiger partial charge on any atom is 0.253 e. The minimum Gasteiger partial charge on any atom is -0.347 e. The highest BCUT2D eigenvalue weighted by molar-refractivity contribution is 6.36. The molecule has 0 aromatic heterocycles. The van der Waals surface area contributed by atoms with Gasteiger partial charge in [-0.2, -0.15) is 0 Å². The van der Waals surface area contributed by atoms with Crippen LogP contribution in [-0.4, -0.2) is 36.9 Å². The molecule has 1 atom stereocenters. The highest BCUT2D eigenvalue weighted by Crippen LogP contribution is 2.21. The zero-order valence-corrected chi connectivity index (χ0v) is 14.9. The Labute approximate surface area is 151 Å². The van der Waals surface area contributed by atoms with Crippen LogP contribution in [0.5, 0.6) is 0 Å². The van der Waals surface area contributed by atoms with Crippen molar-refractivity contribution in [1.82, 2.24) is 10.2 Å². The number of hydrogen-bond donors (Lipinski definition) is 1. The Morgan fingerprint density at radius 2 is 1.75 bits per heavy atom. The van der Waals surface area contributed by atoms with Crippen molar-refractivity contribution < 1.29 is 9.59 Å². The Morgan fingerprint density at radius 3 is 2.33 bits per heavy atom. The Morgan fingerprint density at radius 1 is 1.08 bits per heavy atom. The smallest absolute Gasteiger partial charge is 0.253 e. The van der Waals surface area contributed by atoms with Gasteiger partial charge in [-0.25, -0.2) is 0 Å². The predicted octanol–water partition coefficient (Wildman–Crippen LogP) is 3.42. The van der Waals surface area contributed by atoms with Crippen LogP contribution in [0, 0.1) is 0 Å². The molecule has 24 heavy (non-hydrogen) atoms. The molecule has 2 aromatic rings. The molecule has 0 bridgehead atoms. The fourth-order valence-corrected chi connectivity index (χ4v) is 2.77. The number of carbonyl (C=O) groups is 2. The van der Waals surface area contributed by atoms with Crippen molar-refractivity contribution in [3.05, 3.63) is 69.7 Å². The molecule has 0 spiro atoms. The number of benzene rings is 2. The van der Waals surface area contributed by atoms with Crippen LogP contribution in [0.1, 0.15) is 15.9 Å². The van der Waals surface area contributed by atoms with Gasteiger partial charge in [-0.1, -0.05) is 53.5 Å². The molecule has 0 fully saturated rings. The van der Waals surface area contributed by atoms with Gasteiger partial charge in [-0.3, -0.25) is 9.59 Å². The van der Waals surface area contributed by atoms with Crippen LogP contribution in [0.2, 0.25) is 10.0 Å². The normalized spacial score (nSPS) is 11.7. The van der Waals surface area contributed by atoms with E-state index in [0.717, 1.165) is 5.56 Å². The van der Waals surface area contributed by atoms with Gasteiger partial charge in [0.1, 0.15) is 6.04 Å². The molecule has 1 N–H and O–H groups in total. The summed E-state index contributed by atoms with van der Waals surface area (Å²) in [5.41, 5.74) is 1.24. The maximum atomic E-state index is 12.5. The van der Waals surface area contributed by atoms with Crippen molar-refractivity contribution in [2.75, 3.05) is 14.1 Å². The SMILES string of the molecule is CN(C)C(=O)C(Cc1ccccc1)NC(=O)c1ccc(Cl)cc1Cl. The quantitative estimate of drug-likeness (QED) is 0.883. The first-order chi connectivity index (χ1) is 11.4. The largest absolute Gasteiger partial charge is 0.347 e. The molecule has 4 nitrogen and oxygen atoms in total. The molecule has 0 saturated heterocycles. The number of hydrogen-bond acceptors (Lipinski definition) is 2. The molecule has 6 heteroatoms. The lowest BCUT2D eigenvalue weighted by Gasteiger charge is -2.22. The number of nitrogens with one attached hydrogen (secondary N) is 1. The minimum atomic E-state index is -0.679. The molecular formula is C18H18Cl2N2O2. The van der Waals surface area contributed by atoms with Crippen LogP contribution in [-0.2, 0) is 11.2 Å². The standard InChI is InChI=1S/C18H18Cl2N2O2/c1-22(2)18(24)16(10-12-6-4-3-5-7-12)21-17(23)14-9-8-13(19)11-15(14)20/h3-9,11,16H,10H2,1-2H3,(H,21,23). The molecule has 0 aliphatic carbocycles. The summed E-state index contributed by atoms with van der Waals surface area (Å²) in [6.45, 7) is 0. The van der Waals surface area contributed by atoms with Crippen LogP contribution in [0.4, 0.5) is 0 Å². The molecule has 2 aromatic carbocycles. The number of nitrogens with zero attached hydrogens (tertiary/aromatic N) is 1. The second-order valence-electron chi connectivity index (χ2n) is 5.57. The van der Waals surface area contributed by atoms with Crippen LogP contribution >= 0.6 is 23.2 Å². The number of halogens is 2. The summed E-state index contributed by atoms with van der Waals surface area (Å²) in [6.07, 6.45) is 0.398. The van der Waals surface area contributed by atoms with Crippen molar-refractivity contribution >= 4 is 35.0 Å². The Balaban J connectivity index is 2.21. The van der Waals surface area contributed by atoms with Crippen molar-refractivity contribution in [3.8, 4) is 0 Å². The van der Waals surface area contributed by atoms with Gasteiger partial charge in [-0.05, 0) is 23.8 Å².